The number of ketones is 1. The highest BCUT2D eigenvalue weighted by Crippen LogP contribution is 2.21. The number of Topliss-reactive ketones (excluding diaryl/α,β-unsaturated/α-hetero) is 1. The molecule has 2 aromatic rings. The summed E-state index contributed by atoms with van der Waals surface area (Å²) in [6.45, 7) is 0. The molecule has 6 heteroatoms. The Morgan fingerprint density at radius 3 is 2.08 bits per heavy atom. The second-order valence-electron chi connectivity index (χ2n) is 5.56. The van der Waals surface area contributed by atoms with Crippen LogP contribution in [0.5, 0.6) is 0 Å². The Morgan fingerprint density at radius 1 is 0.958 bits per heavy atom. The number of amidine groups is 1. The van der Waals surface area contributed by atoms with Crippen LogP contribution >= 0.6 is 0 Å². The van der Waals surface area contributed by atoms with Gasteiger partial charge < -0.3 is 4.90 Å². The highest BCUT2D eigenvalue weighted by Gasteiger charge is 2.14. The molecular formula is C18H21N5O. The van der Waals surface area contributed by atoms with Gasteiger partial charge in [-0.2, -0.15) is 5.53 Å². The molecule has 0 atom stereocenters. The van der Waals surface area contributed by atoms with Gasteiger partial charge in [0.2, 0.25) is 0 Å². The Hall–Kier alpha value is -3.02. The van der Waals surface area contributed by atoms with Crippen LogP contribution in [0.25, 0.3) is 0 Å². The van der Waals surface area contributed by atoms with Crippen LogP contribution in [0.3, 0.4) is 0 Å². The maximum absolute atomic E-state index is 12.1. The second kappa shape index (κ2) is 8.01. The van der Waals surface area contributed by atoms with Crippen molar-refractivity contribution in [1.29, 1.82) is 10.9 Å². The van der Waals surface area contributed by atoms with Crippen molar-refractivity contribution in [3.63, 3.8) is 0 Å². The highest BCUT2D eigenvalue weighted by molar-refractivity contribution is 6.01. The fraction of sp³-hybridized carbons (Fsp3) is 0.222. The van der Waals surface area contributed by atoms with E-state index in [2.05, 4.69) is 5.22 Å². The molecule has 0 amide bonds. The molecule has 0 aliphatic heterocycles. The number of carbonyl (C=O) groups is 1. The quantitative estimate of drug-likeness (QED) is 0.264. The number of hydrogen-bond acceptors (Lipinski definition) is 5. The van der Waals surface area contributed by atoms with Gasteiger partial charge in [-0.25, -0.2) is 5.01 Å². The highest BCUT2D eigenvalue weighted by atomic mass is 16.1. The first-order chi connectivity index (χ1) is 11.5. The van der Waals surface area contributed by atoms with Gasteiger partial charge >= 0.3 is 0 Å². The molecule has 2 aromatic carbocycles. The summed E-state index contributed by atoms with van der Waals surface area (Å²) in [5.41, 5.74) is 9.62. The fourth-order valence-electron chi connectivity index (χ4n) is 2.27. The zero-order valence-electron chi connectivity index (χ0n) is 13.9. The fourth-order valence-corrected chi connectivity index (χ4v) is 2.27. The van der Waals surface area contributed by atoms with Gasteiger partial charge in [-0.05, 0) is 24.3 Å². The third kappa shape index (κ3) is 4.25. The van der Waals surface area contributed by atoms with E-state index in [1.807, 2.05) is 49.3 Å². The van der Waals surface area contributed by atoms with E-state index in [4.69, 9.17) is 10.9 Å². The van der Waals surface area contributed by atoms with Gasteiger partial charge in [-0.15, -0.1) is 0 Å². The van der Waals surface area contributed by atoms with Crippen molar-refractivity contribution in [2.24, 2.45) is 5.22 Å². The lowest BCUT2D eigenvalue weighted by molar-refractivity contribution is 0.0984. The Labute approximate surface area is 141 Å². The van der Waals surface area contributed by atoms with Gasteiger partial charge in [0.1, 0.15) is 5.84 Å². The number of rotatable bonds is 7. The molecule has 0 unspecified atom stereocenters. The first-order valence-corrected chi connectivity index (χ1v) is 7.63. The molecule has 0 fully saturated rings. The maximum atomic E-state index is 12.1. The van der Waals surface area contributed by atoms with Crippen LogP contribution in [-0.2, 0) is 0 Å². The first kappa shape index (κ1) is 17.3. The molecule has 0 aromatic heterocycles. The van der Waals surface area contributed by atoms with Crippen molar-refractivity contribution in [3.8, 4) is 0 Å². The Morgan fingerprint density at radius 2 is 1.54 bits per heavy atom. The molecule has 0 radical (unpaired) electrons. The van der Waals surface area contributed by atoms with Crippen LogP contribution < -0.4 is 9.91 Å². The summed E-state index contributed by atoms with van der Waals surface area (Å²) in [4.78, 5) is 14.1. The van der Waals surface area contributed by atoms with Crippen molar-refractivity contribution >= 4 is 23.0 Å². The Kier molecular flexibility index (Phi) is 5.78. The second-order valence-corrected chi connectivity index (χ2v) is 5.56. The molecule has 0 aliphatic rings. The van der Waals surface area contributed by atoms with E-state index >= 15 is 0 Å². The summed E-state index contributed by atoms with van der Waals surface area (Å²) in [7, 11) is 3.89. The summed E-state index contributed by atoms with van der Waals surface area (Å²) in [5.74, 6) is 0.0973. The first-order valence-electron chi connectivity index (χ1n) is 7.63. The molecule has 2 rings (SSSR count). The third-order valence-corrected chi connectivity index (χ3v) is 3.65. The van der Waals surface area contributed by atoms with E-state index in [0.717, 1.165) is 5.69 Å². The molecule has 0 bridgehead atoms. The number of nitrogens with zero attached hydrogens (tertiary/aromatic N) is 3. The van der Waals surface area contributed by atoms with E-state index in [1.165, 1.54) is 5.01 Å². The zero-order chi connectivity index (χ0) is 17.5. The summed E-state index contributed by atoms with van der Waals surface area (Å²) < 4.78 is 0. The van der Waals surface area contributed by atoms with Gasteiger partial charge in [0.15, 0.2) is 5.78 Å². The lowest BCUT2D eigenvalue weighted by Gasteiger charge is -2.19. The average molecular weight is 323 g/mol. The lowest BCUT2D eigenvalue weighted by atomic mass is 10.1. The van der Waals surface area contributed by atoms with Gasteiger partial charge in [0.05, 0.1) is 5.69 Å². The van der Waals surface area contributed by atoms with Crippen LogP contribution in [-0.4, -0.2) is 25.7 Å². The standard InChI is InChI=1S/C18H21N5O/c1-22(2)15-8-10-16(11-9-15)23(21-20)18(19)13-12-17(24)14-6-4-3-5-7-14/h3-11,19-20H,12-13H2,1-2H3. The van der Waals surface area contributed by atoms with E-state index in [9.17, 15) is 4.79 Å². The number of carbonyl (C=O) groups excluding carboxylic acids is 1. The molecule has 0 saturated carbocycles. The molecule has 0 aliphatic carbocycles. The Bertz CT molecular complexity index is 710. The Balaban J connectivity index is 2.01. The maximum Gasteiger partial charge on any atom is 0.163 e. The van der Waals surface area contributed by atoms with Gasteiger partial charge in [-0.1, -0.05) is 35.6 Å². The van der Waals surface area contributed by atoms with Crippen LogP contribution in [0, 0.1) is 10.9 Å². The predicted octanol–water partition coefficient (Wildman–Crippen LogP) is 4.15. The summed E-state index contributed by atoms with van der Waals surface area (Å²) in [6.07, 6.45) is 0.441. The average Bonchev–Trinajstić information content (AvgIpc) is 2.61. The van der Waals surface area contributed by atoms with Crippen molar-refractivity contribution < 1.29 is 4.79 Å². The normalized spacial score (nSPS) is 10.1. The van der Waals surface area contributed by atoms with Crippen molar-refractivity contribution in [2.45, 2.75) is 12.8 Å². The van der Waals surface area contributed by atoms with Gasteiger partial charge in [-0.3, -0.25) is 10.2 Å². The van der Waals surface area contributed by atoms with E-state index in [-0.39, 0.29) is 24.5 Å². The zero-order valence-corrected chi connectivity index (χ0v) is 13.9. The lowest BCUT2D eigenvalue weighted by Crippen LogP contribution is -2.24. The number of benzene rings is 2. The van der Waals surface area contributed by atoms with E-state index in [0.29, 0.717) is 11.3 Å². The van der Waals surface area contributed by atoms with Crippen LogP contribution in [0.1, 0.15) is 23.2 Å². The molecular weight excluding hydrogens is 302 g/mol. The minimum absolute atomic E-state index is 0.0202. The number of anilines is 2. The minimum Gasteiger partial charge on any atom is -0.378 e. The summed E-state index contributed by atoms with van der Waals surface area (Å²) >= 11 is 0. The molecule has 0 spiro atoms. The van der Waals surface area contributed by atoms with Gasteiger partial charge in [0, 0.05) is 38.2 Å². The predicted molar refractivity (Wildman–Crippen MR) is 96.1 cm³/mol. The SMILES string of the molecule is CN(C)c1ccc(N(N=N)C(=N)CCC(=O)c2ccccc2)cc1. The molecule has 6 nitrogen and oxygen atoms in total. The van der Waals surface area contributed by atoms with Crippen LogP contribution in [0.2, 0.25) is 0 Å². The van der Waals surface area contributed by atoms with Crippen molar-refractivity contribution in [3.05, 3.63) is 60.2 Å². The number of hydrogen-bond donors (Lipinski definition) is 2. The van der Waals surface area contributed by atoms with E-state index in [1.54, 1.807) is 24.3 Å². The topological polar surface area (TPSA) is 83.6 Å². The molecule has 124 valence electrons. The number of nitrogens with one attached hydrogen (secondary N) is 2. The molecule has 24 heavy (non-hydrogen) atoms. The molecule has 0 heterocycles. The summed E-state index contributed by atoms with van der Waals surface area (Å²) in [6, 6.07) is 16.4. The van der Waals surface area contributed by atoms with Gasteiger partial charge in [0.25, 0.3) is 0 Å². The molecule has 2 N–H and O–H groups in total. The van der Waals surface area contributed by atoms with Crippen LogP contribution in [0.4, 0.5) is 11.4 Å². The van der Waals surface area contributed by atoms with E-state index < -0.39 is 0 Å². The monoisotopic (exact) mass is 323 g/mol. The minimum atomic E-state index is -0.0202. The smallest absolute Gasteiger partial charge is 0.163 e. The van der Waals surface area contributed by atoms with Crippen molar-refractivity contribution in [1.82, 2.24) is 0 Å². The largest absolute Gasteiger partial charge is 0.378 e. The van der Waals surface area contributed by atoms with Crippen molar-refractivity contribution in [2.75, 3.05) is 24.0 Å². The summed E-state index contributed by atoms with van der Waals surface area (Å²) in [5, 5.41) is 12.8. The molecule has 0 saturated heterocycles. The third-order valence-electron chi connectivity index (χ3n) is 3.65. The van der Waals surface area contributed by atoms with Crippen LogP contribution in [0.15, 0.2) is 59.8 Å².